The number of hydrogen-bond acceptors (Lipinski definition) is 5. The highest BCUT2D eigenvalue weighted by molar-refractivity contribution is 7.80. The van der Waals surface area contributed by atoms with Gasteiger partial charge in [-0.25, -0.2) is 0 Å². The largest absolute Gasteiger partial charge is 0.493 e. The lowest BCUT2D eigenvalue weighted by Gasteiger charge is -2.26. The average molecular weight is 364 g/mol. The van der Waals surface area contributed by atoms with Crippen molar-refractivity contribution in [3.05, 3.63) is 23.8 Å². The normalized spacial score (nSPS) is 17.5. The number of benzene rings is 1. The van der Waals surface area contributed by atoms with E-state index in [1.807, 2.05) is 18.2 Å². The molecule has 0 unspecified atom stereocenters. The number of ether oxygens (including phenoxy) is 3. The quantitative estimate of drug-likeness (QED) is 0.742. The lowest BCUT2D eigenvalue weighted by molar-refractivity contribution is -0.137. The van der Waals surface area contributed by atoms with Gasteiger partial charge in [0.15, 0.2) is 18.1 Å². The summed E-state index contributed by atoms with van der Waals surface area (Å²) in [4.78, 5) is 17.0. The molecule has 2 heterocycles. The molecule has 1 aromatic carbocycles. The van der Waals surface area contributed by atoms with E-state index in [1.165, 1.54) is 12.8 Å². The Kier molecular flexibility index (Phi) is 6.09. The van der Waals surface area contributed by atoms with E-state index in [2.05, 4.69) is 4.90 Å². The van der Waals surface area contributed by atoms with Gasteiger partial charge in [0.2, 0.25) is 0 Å². The van der Waals surface area contributed by atoms with Crippen LogP contribution in [0, 0.1) is 0 Å². The number of morpholine rings is 1. The molecule has 0 spiro atoms. The number of carbonyl (C=O) groups excluding carboxylic acids is 1. The summed E-state index contributed by atoms with van der Waals surface area (Å²) in [6, 6.07) is 5.63. The fraction of sp³-hybridized carbons (Fsp3) is 0.556. The predicted molar refractivity (Wildman–Crippen MR) is 98.4 cm³/mol. The van der Waals surface area contributed by atoms with E-state index < -0.39 is 0 Å². The molecule has 2 saturated heterocycles. The summed E-state index contributed by atoms with van der Waals surface area (Å²) in [7, 11) is 1.59. The number of carbonyl (C=O) groups is 1. The summed E-state index contributed by atoms with van der Waals surface area (Å²) in [5, 5.41) is 0. The molecule has 0 radical (unpaired) electrons. The van der Waals surface area contributed by atoms with Gasteiger partial charge in [-0.15, -0.1) is 0 Å². The number of rotatable bonds is 5. The maximum absolute atomic E-state index is 12.2. The van der Waals surface area contributed by atoms with Crippen molar-refractivity contribution in [2.24, 2.45) is 0 Å². The summed E-state index contributed by atoms with van der Waals surface area (Å²) in [6.07, 6.45) is 2.37. The van der Waals surface area contributed by atoms with Gasteiger partial charge < -0.3 is 24.0 Å². The van der Waals surface area contributed by atoms with Crippen molar-refractivity contribution in [3.63, 3.8) is 0 Å². The molecule has 0 atom stereocenters. The highest BCUT2D eigenvalue weighted by atomic mass is 32.1. The van der Waals surface area contributed by atoms with Crippen LogP contribution in [0.25, 0.3) is 0 Å². The molecular weight excluding hydrogens is 340 g/mol. The molecule has 25 heavy (non-hydrogen) atoms. The van der Waals surface area contributed by atoms with Gasteiger partial charge >= 0.3 is 0 Å². The Balaban J connectivity index is 1.63. The summed E-state index contributed by atoms with van der Waals surface area (Å²) in [6.45, 7) is 4.40. The number of thiocarbonyl (C=S) groups is 1. The molecular formula is C18H24N2O4S. The zero-order valence-electron chi connectivity index (χ0n) is 14.5. The van der Waals surface area contributed by atoms with Crippen molar-refractivity contribution in [1.82, 2.24) is 9.80 Å². The van der Waals surface area contributed by atoms with Crippen molar-refractivity contribution >= 4 is 23.1 Å². The van der Waals surface area contributed by atoms with Crippen molar-refractivity contribution in [1.29, 1.82) is 0 Å². The van der Waals surface area contributed by atoms with Crippen LogP contribution in [0.15, 0.2) is 18.2 Å². The van der Waals surface area contributed by atoms with Gasteiger partial charge in [-0.1, -0.05) is 12.2 Å². The van der Waals surface area contributed by atoms with Crippen LogP contribution in [0.4, 0.5) is 0 Å². The molecule has 2 fully saturated rings. The highest BCUT2D eigenvalue weighted by Gasteiger charge is 2.20. The fourth-order valence-electron chi connectivity index (χ4n) is 3.07. The minimum Gasteiger partial charge on any atom is -0.493 e. The molecule has 0 aromatic heterocycles. The molecule has 7 heteroatoms. The van der Waals surface area contributed by atoms with Crippen LogP contribution in [0.1, 0.15) is 18.4 Å². The number of likely N-dealkylation sites (tertiary alicyclic amines) is 1. The molecule has 0 aliphatic carbocycles. The zero-order chi connectivity index (χ0) is 17.6. The van der Waals surface area contributed by atoms with Gasteiger partial charge in [-0.05, 0) is 31.0 Å². The van der Waals surface area contributed by atoms with Crippen LogP contribution >= 0.6 is 12.2 Å². The van der Waals surface area contributed by atoms with Crippen LogP contribution in [0.2, 0.25) is 0 Å². The molecule has 2 aliphatic rings. The maximum atomic E-state index is 12.2. The Morgan fingerprint density at radius 1 is 1.12 bits per heavy atom. The minimum atomic E-state index is -0.0398. The number of methoxy groups -OCH3 is 1. The highest BCUT2D eigenvalue weighted by Crippen LogP contribution is 2.29. The SMILES string of the molecule is COc1cc(C(=S)N2CCCC2)ccc1OCC(=O)N1CCOCC1. The second-order valence-electron chi connectivity index (χ2n) is 6.15. The van der Waals surface area contributed by atoms with Gasteiger partial charge in [0.25, 0.3) is 5.91 Å². The zero-order valence-corrected chi connectivity index (χ0v) is 15.3. The summed E-state index contributed by atoms with van der Waals surface area (Å²) in [5.74, 6) is 1.10. The Labute approximate surface area is 153 Å². The number of hydrogen-bond donors (Lipinski definition) is 0. The van der Waals surface area contributed by atoms with Crippen LogP contribution in [0.5, 0.6) is 11.5 Å². The van der Waals surface area contributed by atoms with Crippen LogP contribution in [-0.4, -0.2) is 73.8 Å². The van der Waals surface area contributed by atoms with Gasteiger partial charge in [0.05, 0.1) is 20.3 Å². The fourth-order valence-corrected chi connectivity index (χ4v) is 3.38. The average Bonchev–Trinajstić information content (AvgIpc) is 3.20. The summed E-state index contributed by atoms with van der Waals surface area (Å²) in [5.41, 5.74) is 0.945. The van der Waals surface area contributed by atoms with Crippen LogP contribution < -0.4 is 9.47 Å². The Morgan fingerprint density at radius 2 is 1.84 bits per heavy atom. The van der Waals surface area contributed by atoms with Crippen molar-refractivity contribution in [3.8, 4) is 11.5 Å². The van der Waals surface area contributed by atoms with Gasteiger partial charge in [0.1, 0.15) is 4.99 Å². The molecule has 0 bridgehead atoms. The lowest BCUT2D eigenvalue weighted by atomic mass is 10.2. The van der Waals surface area contributed by atoms with Gasteiger partial charge in [0, 0.05) is 31.7 Å². The van der Waals surface area contributed by atoms with Gasteiger partial charge in [-0.2, -0.15) is 0 Å². The first-order valence-electron chi connectivity index (χ1n) is 8.64. The lowest BCUT2D eigenvalue weighted by Crippen LogP contribution is -2.43. The third kappa shape index (κ3) is 4.41. The van der Waals surface area contributed by atoms with E-state index >= 15 is 0 Å². The van der Waals surface area contributed by atoms with E-state index in [4.69, 9.17) is 26.4 Å². The van der Waals surface area contributed by atoms with Crippen molar-refractivity contribution < 1.29 is 19.0 Å². The second-order valence-corrected chi connectivity index (χ2v) is 6.53. The van der Waals surface area contributed by atoms with E-state index in [0.29, 0.717) is 37.8 Å². The molecule has 0 N–H and O–H groups in total. The standard InChI is InChI=1S/C18H24N2O4S/c1-22-16-12-14(18(25)20-6-2-3-7-20)4-5-15(16)24-13-17(21)19-8-10-23-11-9-19/h4-5,12H,2-3,6-11,13H2,1H3. The molecule has 3 rings (SSSR count). The Hall–Kier alpha value is -1.86. The van der Waals surface area contributed by atoms with Crippen LogP contribution in [-0.2, 0) is 9.53 Å². The van der Waals surface area contributed by atoms with E-state index in [1.54, 1.807) is 12.0 Å². The van der Waals surface area contributed by atoms with E-state index in [9.17, 15) is 4.79 Å². The first-order chi connectivity index (χ1) is 12.2. The predicted octanol–water partition coefficient (Wildman–Crippen LogP) is 1.70. The number of nitrogens with zero attached hydrogens (tertiary/aromatic N) is 2. The monoisotopic (exact) mass is 364 g/mol. The molecule has 0 saturated carbocycles. The first kappa shape index (κ1) is 17.9. The molecule has 2 aliphatic heterocycles. The molecule has 136 valence electrons. The Morgan fingerprint density at radius 3 is 2.52 bits per heavy atom. The number of amides is 1. The Bertz CT molecular complexity index is 626. The third-order valence-corrected chi connectivity index (χ3v) is 5.01. The topological polar surface area (TPSA) is 51.2 Å². The smallest absolute Gasteiger partial charge is 0.260 e. The first-order valence-corrected chi connectivity index (χ1v) is 9.05. The third-order valence-electron chi connectivity index (χ3n) is 4.52. The summed E-state index contributed by atoms with van der Waals surface area (Å²) < 4.78 is 16.4. The molecule has 1 amide bonds. The van der Waals surface area contributed by atoms with Crippen LogP contribution in [0.3, 0.4) is 0 Å². The maximum Gasteiger partial charge on any atom is 0.260 e. The summed E-state index contributed by atoms with van der Waals surface area (Å²) >= 11 is 5.58. The van der Waals surface area contributed by atoms with Crippen molar-refractivity contribution in [2.75, 3.05) is 53.1 Å². The second kappa shape index (κ2) is 8.49. The molecule has 1 aromatic rings. The van der Waals surface area contributed by atoms with E-state index in [0.717, 1.165) is 23.6 Å². The van der Waals surface area contributed by atoms with Crippen molar-refractivity contribution in [2.45, 2.75) is 12.8 Å². The molecule has 6 nitrogen and oxygen atoms in total. The van der Waals surface area contributed by atoms with E-state index in [-0.39, 0.29) is 12.5 Å². The van der Waals surface area contributed by atoms with Gasteiger partial charge in [-0.3, -0.25) is 4.79 Å². The minimum absolute atomic E-state index is 0.00766.